The van der Waals surface area contributed by atoms with Gasteiger partial charge in [-0.3, -0.25) is 0 Å². The summed E-state index contributed by atoms with van der Waals surface area (Å²) in [5, 5.41) is 0. The van der Waals surface area contributed by atoms with Gasteiger partial charge < -0.3 is 10.6 Å². The summed E-state index contributed by atoms with van der Waals surface area (Å²) in [6.07, 6.45) is 0. The van der Waals surface area contributed by atoms with E-state index < -0.39 is 10.0 Å². The van der Waals surface area contributed by atoms with E-state index in [0.717, 1.165) is 24.2 Å². The standard InChI is InChI=1S/C15H27N3O2S/c1-5-18(6-2)11-13(4)17-21(19,20)15-8-7-12(3)14(9-15)10-16/h7-9,13,17H,5-6,10-11,16H2,1-4H3. The molecule has 1 aromatic rings. The number of hydrogen-bond acceptors (Lipinski definition) is 4. The smallest absolute Gasteiger partial charge is 0.240 e. The van der Waals surface area contributed by atoms with Crippen LogP contribution in [0.15, 0.2) is 23.1 Å². The van der Waals surface area contributed by atoms with E-state index in [-0.39, 0.29) is 10.9 Å². The average molecular weight is 313 g/mol. The molecule has 0 aromatic heterocycles. The molecule has 0 bridgehead atoms. The summed E-state index contributed by atoms with van der Waals surface area (Å²) in [7, 11) is -3.50. The van der Waals surface area contributed by atoms with Crippen molar-refractivity contribution in [2.45, 2.75) is 45.2 Å². The summed E-state index contributed by atoms with van der Waals surface area (Å²) in [5.74, 6) is 0. The van der Waals surface area contributed by atoms with Crippen LogP contribution in [0.3, 0.4) is 0 Å². The monoisotopic (exact) mass is 313 g/mol. The number of aryl methyl sites for hydroxylation is 1. The third kappa shape index (κ3) is 5.07. The van der Waals surface area contributed by atoms with Crippen LogP contribution in [0.1, 0.15) is 31.9 Å². The van der Waals surface area contributed by atoms with Crippen LogP contribution in [0.4, 0.5) is 0 Å². The van der Waals surface area contributed by atoms with E-state index in [2.05, 4.69) is 23.5 Å². The van der Waals surface area contributed by atoms with Crippen molar-refractivity contribution in [3.8, 4) is 0 Å². The van der Waals surface area contributed by atoms with Gasteiger partial charge in [0, 0.05) is 19.1 Å². The van der Waals surface area contributed by atoms with Crippen molar-refractivity contribution < 1.29 is 8.42 Å². The molecular weight excluding hydrogens is 286 g/mol. The largest absolute Gasteiger partial charge is 0.326 e. The van der Waals surface area contributed by atoms with Crippen LogP contribution in [-0.2, 0) is 16.6 Å². The second-order valence-corrected chi connectivity index (χ2v) is 7.01. The highest BCUT2D eigenvalue weighted by Gasteiger charge is 2.19. The Morgan fingerprint density at radius 2 is 1.90 bits per heavy atom. The number of sulfonamides is 1. The van der Waals surface area contributed by atoms with Crippen molar-refractivity contribution in [1.29, 1.82) is 0 Å². The number of nitrogens with two attached hydrogens (primary N) is 1. The van der Waals surface area contributed by atoms with Crippen LogP contribution in [0.2, 0.25) is 0 Å². The molecule has 5 nitrogen and oxygen atoms in total. The van der Waals surface area contributed by atoms with Gasteiger partial charge in [0.2, 0.25) is 10.0 Å². The predicted molar refractivity (Wildman–Crippen MR) is 86.6 cm³/mol. The van der Waals surface area contributed by atoms with Gasteiger partial charge in [-0.1, -0.05) is 19.9 Å². The molecule has 1 rings (SSSR count). The second-order valence-electron chi connectivity index (χ2n) is 5.30. The fraction of sp³-hybridized carbons (Fsp3) is 0.600. The molecule has 120 valence electrons. The van der Waals surface area contributed by atoms with Gasteiger partial charge in [-0.2, -0.15) is 0 Å². The zero-order chi connectivity index (χ0) is 16.0. The van der Waals surface area contributed by atoms with E-state index in [4.69, 9.17) is 5.73 Å². The summed E-state index contributed by atoms with van der Waals surface area (Å²) in [5.41, 5.74) is 7.51. The third-order valence-electron chi connectivity index (χ3n) is 3.63. The number of rotatable bonds is 8. The summed E-state index contributed by atoms with van der Waals surface area (Å²) >= 11 is 0. The quantitative estimate of drug-likeness (QED) is 0.762. The molecule has 0 heterocycles. The topological polar surface area (TPSA) is 75.4 Å². The van der Waals surface area contributed by atoms with Gasteiger partial charge in [0.15, 0.2) is 0 Å². The lowest BCUT2D eigenvalue weighted by Gasteiger charge is -2.23. The zero-order valence-corrected chi connectivity index (χ0v) is 14.2. The molecule has 0 aliphatic heterocycles. The Kier molecular flexibility index (Phi) is 6.80. The second kappa shape index (κ2) is 7.89. The fourth-order valence-electron chi connectivity index (χ4n) is 2.27. The molecule has 6 heteroatoms. The van der Waals surface area contributed by atoms with E-state index in [9.17, 15) is 8.42 Å². The Bertz CT molecular complexity index is 554. The summed E-state index contributed by atoms with van der Waals surface area (Å²) in [4.78, 5) is 2.47. The first-order valence-electron chi connectivity index (χ1n) is 7.38. The Balaban J connectivity index is 2.86. The molecule has 0 aliphatic carbocycles. The van der Waals surface area contributed by atoms with Crippen molar-refractivity contribution in [1.82, 2.24) is 9.62 Å². The normalized spacial score (nSPS) is 13.6. The van der Waals surface area contributed by atoms with E-state index in [0.29, 0.717) is 13.1 Å². The fourth-order valence-corrected chi connectivity index (χ4v) is 3.56. The summed E-state index contributed by atoms with van der Waals surface area (Å²) < 4.78 is 27.6. The minimum atomic E-state index is -3.50. The van der Waals surface area contributed by atoms with Crippen LogP contribution in [-0.4, -0.2) is 39.0 Å². The van der Waals surface area contributed by atoms with Gasteiger partial charge in [-0.25, -0.2) is 13.1 Å². The molecule has 0 spiro atoms. The third-order valence-corrected chi connectivity index (χ3v) is 5.22. The maximum Gasteiger partial charge on any atom is 0.240 e. The van der Waals surface area contributed by atoms with Crippen molar-refractivity contribution in [3.63, 3.8) is 0 Å². The SMILES string of the molecule is CCN(CC)CC(C)NS(=O)(=O)c1ccc(C)c(CN)c1. The van der Waals surface area contributed by atoms with Gasteiger partial charge >= 0.3 is 0 Å². The van der Waals surface area contributed by atoms with Gasteiger partial charge in [-0.15, -0.1) is 0 Å². The molecule has 0 aliphatic rings. The Hall–Kier alpha value is -0.950. The molecule has 1 atom stereocenters. The van der Waals surface area contributed by atoms with Gasteiger partial charge in [0.05, 0.1) is 4.90 Å². The van der Waals surface area contributed by atoms with E-state index in [1.165, 1.54) is 0 Å². The molecule has 3 N–H and O–H groups in total. The van der Waals surface area contributed by atoms with Crippen LogP contribution >= 0.6 is 0 Å². The molecule has 0 saturated carbocycles. The highest BCUT2D eigenvalue weighted by molar-refractivity contribution is 7.89. The first-order valence-corrected chi connectivity index (χ1v) is 8.86. The molecule has 0 amide bonds. The first kappa shape index (κ1) is 18.1. The molecule has 0 fully saturated rings. The van der Waals surface area contributed by atoms with Crippen molar-refractivity contribution in [3.05, 3.63) is 29.3 Å². The molecule has 1 unspecified atom stereocenters. The summed E-state index contributed by atoms with van der Waals surface area (Å²) in [6, 6.07) is 4.94. The molecule has 1 aromatic carbocycles. The van der Waals surface area contributed by atoms with Crippen LogP contribution in [0.25, 0.3) is 0 Å². The minimum absolute atomic E-state index is 0.141. The number of hydrogen-bond donors (Lipinski definition) is 2. The maximum absolute atomic E-state index is 12.4. The Morgan fingerprint density at radius 3 is 2.43 bits per heavy atom. The molecule has 0 radical (unpaired) electrons. The molecule has 21 heavy (non-hydrogen) atoms. The van der Waals surface area contributed by atoms with E-state index in [1.54, 1.807) is 18.2 Å². The number of nitrogens with zero attached hydrogens (tertiary/aromatic N) is 1. The number of nitrogens with one attached hydrogen (secondary N) is 1. The van der Waals surface area contributed by atoms with Gasteiger partial charge in [-0.05, 0) is 50.2 Å². The van der Waals surface area contributed by atoms with Gasteiger partial charge in [0.25, 0.3) is 0 Å². The number of benzene rings is 1. The Morgan fingerprint density at radius 1 is 1.29 bits per heavy atom. The minimum Gasteiger partial charge on any atom is -0.326 e. The average Bonchev–Trinajstić information content (AvgIpc) is 2.44. The maximum atomic E-state index is 12.4. The summed E-state index contributed by atoms with van der Waals surface area (Å²) in [6.45, 7) is 10.8. The van der Waals surface area contributed by atoms with Crippen molar-refractivity contribution >= 4 is 10.0 Å². The number of likely N-dealkylation sites (N-methyl/N-ethyl adjacent to an activating group) is 1. The highest BCUT2D eigenvalue weighted by atomic mass is 32.2. The molecule has 0 saturated heterocycles. The lowest BCUT2D eigenvalue weighted by atomic mass is 10.1. The van der Waals surface area contributed by atoms with Crippen molar-refractivity contribution in [2.75, 3.05) is 19.6 Å². The lowest BCUT2D eigenvalue weighted by molar-refractivity contribution is 0.282. The predicted octanol–water partition coefficient (Wildman–Crippen LogP) is 1.46. The first-order chi connectivity index (χ1) is 9.83. The van der Waals surface area contributed by atoms with Crippen LogP contribution in [0.5, 0.6) is 0 Å². The van der Waals surface area contributed by atoms with E-state index in [1.807, 2.05) is 13.8 Å². The van der Waals surface area contributed by atoms with Crippen LogP contribution < -0.4 is 10.5 Å². The van der Waals surface area contributed by atoms with E-state index >= 15 is 0 Å². The Labute approximate surface area is 128 Å². The van der Waals surface area contributed by atoms with Crippen LogP contribution in [0, 0.1) is 6.92 Å². The van der Waals surface area contributed by atoms with Crippen molar-refractivity contribution in [2.24, 2.45) is 5.73 Å². The highest BCUT2D eigenvalue weighted by Crippen LogP contribution is 2.15. The zero-order valence-electron chi connectivity index (χ0n) is 13.4. The molecular formula is C15H27N3O2S. The lowest BCUT2D eigenvalue weighted by Crippen LogP contribution is -2.41. The van der Waals surface area contributed by atoms with Gasteiger partial charge in [0.1, 0.15) is 0 Å².